The summed E-state index contributed by atoms with van der Waals surface area (Å²) in [6.45, 7) is 5.31. The minimum absolute atomic E-state index is 0.0338. The lowest BCUT2D eigenvalue weighted by Crippen LogP contribution is -2.30. The van der Waals surface area contributed by atoms with Crippen LogP contribution in [0, 0.1) is 5.82 Å². The van der Waals surface area contributed by atoms with Gasteiger partial charge >= 0.3 is 5.97 Å². The van der Waals surface area contributed by atoms with Crippen LogP contribution in [0.2, 0.25) is 5.02 Å². The third kappa shape index (κ3) is 2.78. The Hall–Kier alpha value is -2.34. The van der Waals surface area contributed by atoms with Gasteiger partial charge in [0.15, 0.2) is 0 Å². The van der Waals surface area contributed by atoms with E-state index in [4.69, 9.17) is 16.3 Å². The molecule has 1 atom stereocenters. The summed E-state index contributed by atoms with van der Waals surface area (Å²) >= 11 is 6.17. The van der Waals surface area contributed by atoms with Gasteiger partial charge in [-0.25, -0.2) is 13.9 Å². The molecule has 126 valence electrons. The molecule has 0 spiro atoms. The molecule has 0 saturated heterocycles. The Bertz CT molecular complexity index is 829. The number of hydrogen-bond acceptors (Lipinski definition) is 4. The summed E-state index contributed by atoms with van der Waals surface area (Å²) in [7, 11) is 0. The fraction of sp³-hybridized carbons (Fsp3) is 0.294. The van der Waals surface area contributed by atoms with E-state index in [0.29, 0.717) is 22.7 Å². The largest absolute Gasteiger partial charge is 0.459 e. The van der Waals surface area contributed by atoms with Gasteiger partial charge < -0.3 is 10.1 Å². The van der Waals surface area contributed by atoms with Crippen LogP contribution in [0.3, 0.4) is 0 Å². The van der Waals surface area contributed by atoms with E-state index in [-0.39, 0.29) is 11.1 Å². The standard InChI is InChI=1S/C17H17ClFN3O2/c1-9(2)24-17(23)14-10(3)21-13-7-8-20-22(13)16(14)11-5-4-6-12(19)15(11)18/h4-9,16,21H,1-3H3. The van der Waals surface area contributed by atoms with Crippen molar-refractivity contribution in [2.75, 3.05) is 5.32 Å². The highest BCUT2D eigenvalue weighted by molar-refractivity contribution is 6.31. The van der Waals surface area contributed by atoms with Gasteiger partial charge in [-0.2, -0.15) is 5.10 Å². The number of nitrogens with one attached hydrogen (secondary N) is 1. The predicted octanol–water partition coefficient (Wildman–Crippen LogP) is 3.92. The van der Waals surface area contributed by atoms with E-state index in [2.05, 4.69) is 10.4 Å². The van der Waals surface area contributed by atoms with Crippen molar-refractivity contribution >= 4 is 23.4 Å². The number of hydrogen-bond donors (Lipinski definition) is 1. The molecule has 1 aromatic heterocycles. The second-order valence-electron chi connectivity index (χ2n) is 5.82. The number of aromatic nitrogens is 2. The third-order valence-electron chi connectivity index (χ3n) is 3.75. The quantitative estimate of drug-likeness (QED) is 0.853. The molecule has 1 N–H and O–H groups in total. The van der Waals surface area contributed by atoms with E-state index >= 15 is 0 Å². The molecule has 1 unspecified atom stereocenters. The lowest BCUT2D eigenvalue weighted by atomic mass is 9.95. The van der Waals surface area contributed by atoms with E-state index in [1.807, 2.05) is 0 Å². The highest BCUT2D eigenvalue weighted by atomic mass is 35.5. The van der Waals surface area contributed by atoms with E-state index in [1.165, 1.54) is 6.07 Å². The fourth-order valence-electron chi connectivity index (χ4n) is 2.77. The van der Waals surface area contributed by atoms with Gasteiger partial charge in [0, 0.05) is 17.3 Å². The Kier molecular flexibility index (Phi) is 4.32. The fourth-order valence-corrected chi connectivity index (χ4v) is 3.00. The van der Waals surface area contributed by atoms with Crippen LogP contribution in [0.25, 0.3) is 0 Å². The monoisotopic (exact) mass is 349 g/mol. The first-order chi connectivity index (χ1) is 11.4. The minimum Gasteiger partial charge on any atom is -0.459 e. The summed E-state index contributed by atoms with van der Waals surface area (Å²) in [6, 6.07) is 5.63. The van der Waals surface area contributed by atoms with E-state index in [0.717, 1.165) is 0 Å². The molecule has 24 heavy (non-hydrogen) atoms. The average molecular weight is 350 g/mol. The number of anilines is 1. The van der Waals surface area contributed by atoms with Crippen LogP contribution in [-0.2, 0) is 9.53 Å². The van der Waals surface area contributed by atoms with E-state index in [1.54, 1.807) is 49.8 Å². The number of carbonyl (C=O) groups excluding carboxylic acids is 1. The maximum atomic E-state index is 14.0. The smallest absolute Gasteiger partial charge is 0.338 e. The van der Waals surface area contributed by atoms with Crippen molar-refractivity contribution in [3.63, 3.8) is 0 Å². The molecule has 1 aliphatic rings. The van der Waals surface area contributed by atoms with Crippen LogP contribution in [0.1, 0.15) is 32.4 Å². The lowest BCUT2D eigenvalue weighted by molar-refractivity contribution is -0.143. The molecule has 1 aromatic carbocycles. The summed E-state index contributed by atoms with van der Waals surface area (Å²) < 4.78 is 20.9. The van der Waals surface area contributed by atoms with Gasteiger partial charge in [0.05, 0.1) is 22.9 Å². The zero-order valence-corrected chi connectivity index (χ0v) is 14.3. The van der Waals surface area contributed by atoms with Crippen LogP contribution in [-0.4, -0.2) is 21.9 Å². The van der Waals surface area contributed by atoms with Crippen LogP contribution >= 0.6 is 11.6 Å². The SMILES string of the molecule is CC1=C(C(=O)OC(C)C)C(c2cccc(F)c2Cl)n2nccc2N1. The first-order valence-corrected chi connectivity index (χ1v) is 7.94. The summed E-state index contributed by atoms with van der Waals surface area (Å²) in [4.78, 5) is 12.6. The number of nitrogens with zero attached hydrogens (tertiary/aromatic N) is 2. The van der Waals surface area contributed by atoms with Crippen molar-refractivity contribution in [1.29, 1.82) is 0 Å². The van der Waals surface area contributed by atoms with Crippen molar-refractivity contribution in [3.05, 3.63) is 58.1 Å². The number of allylic oxidation sites excluding steroid dienone is 1. The molecule has 3 rings (SSSR count). The molecular weight excluding hydrogens is 333 g/mol. The number of carbonyl (C=O) groups is 1. The Morgan fingerprint density at radius 1 is 1.42 bits per heavy atom. The molecule has 2 aromatic rings. The van der Waals surface area contributed by atoms with Crippen LogP contribution in [0.4, 0.5) is 10.2 Å². The number of esters is 1. The first-order valence-electron chi connectivity index (χ1n) is 7.56. The van der Waals surface area contributed by atoms with Crippen molar-refractivity contribution in [1.82, 2.24) is 9.78 Å². The molecule has 0 amide bonds. The van der Waals surface area contributed by atoms with Gasteiger partial charge in [-0.1, -0.05) is 23.7 Å². The van der Waals surface area contributed by atoms with Gasteiger partial charge in [0.1, 0.15) is 17.7 Å². The van der Waals surface area contributed by atoms with Crippen LogP contribution < -0.4 is 5.32 Å². The summed E-state index contributed by atoms with van der Waals surface area (Å²) in [6.07, 6.45) is 1.33. The van der Waals surface area contributed by atoms with Gasteiger partial charge in [-0.15, -0.1) is 0 Å². The predicted molar refractivity (Wildman–Crippen MR) is 89.3 cm³/mol. The lowest BCUT2D eigenvalue weighted by Gasteiger charge is -2.30. The normalized spacial score (nSPS) is 16.8. The maximum Gasteiger partial charge on any atom is 0.338 e. The summed E-state index contributed by atoms with van der Waals surface area (Å²) in [5.41, 5.74) is 1.43. The van der Waals surface area contributed by atoms with Crippen molar-refractivity contribution in [2.45, 2.75) is 32.9 Å². The van der Waals surface area contributed by atoms with Gasteiger partial charge in [0.2, 0.25) is 0 Å². The highest BCUT2D eigenvalue weighted by Gasteiger charge is 2.35. The third-order valence-corrected chi connectivity index (χ3v) is 4.15. The number of rotatable bonds is 3. The van der Waals surface area contributed by atoms with Crippen molar-refractivity contribution in [2.24, 2.45) is 0 Å². The highest BCUT2D eigenvalue weighted by Crippen LogP contribution is 2.39. The number of ether oxygens (including phenoxy) is 1. The summed E-state index contributed by atoms with van der Waals surface area (Å²) in [5.74, 6) is -0.337. The van der Waals surface area contributed by atoms with Crippen LogP contribution in [0.15, 0.2) is 41.7 Å². The molecule has 0 aliphatic carbocycles. The molecule has 1 aliphatic heterocycles. The number of halogens is 2. The number of fused-ring (bicyclic) bond motifs is 1. The maximum absolute atomic E-state index is 14.0. The molecular formula is C17H17ClFN3O2. The zero-order valence-electron chi connectivity index (χ0n) is 13.5. The molecule has 0 fully saturated rings. The second kappa shape index (κ2) is 6.28. The van der Waals surface area contributed by atoms with Gasteiger partial charge in [0.25, 0.3) is 0 Å². The minimum atomic E-state index is -0.661. The molecule has 0 radical (unpaired) electrons. The molecule has 2 heterocycles. The van der Waals surface area contributed by atoms with Gasteiger partial charge in [-0.05, 0) is 26.8 Å². The van der Waals surface area contributed by atoms with Crippen molar-refractivity contribution in [3.8, 4) is 0 Å². The zero-order chi connectivity index (χ0) is 17.4. The second-order valence-corrected chi connectivity index (χ2v) is 6.20. The molecule has 5 nitrogen and oxygen atoms in total. The van der Waals surface area contributed by atoms with E-state index < -0.39 is 17.8 Å². The Labute approximate surface area is 144 Å². The first kappa shape index (κ1) is 16.5. The summed E-state index contributed by atoms with van der Waals surface area (Å²) in [5, 5.41) is 7.35. The molecule has 7 heteroatoms. The van der Waals surface area contributed by atoms with Crippen molar-refractivity contribution < 1.29 is 13.9 Å². The Balaban J connectivity index is 2.18. The molecule has 0 bridgehead atoms. The van der Waals surface area contributed by atoms with Gasteiger partial charge in [-0.3, -0.25) is 0 Å². The topological polar surface area (TPSA) is 56.2 Å². The van der Waals surface area contributed by atoms with Crippen LogP contribution in [0.5, 0.6) is 0 Å². The number of benzene rings is 1. The van der Waals surface area contributed by atoms with E-state index in [9.17, 15) is 9.18 Å². The molecule has 0 saturated carbocycles. The Morgan fingerprint density at radius 2 is 2.17 bits per heavy atom. The average Bonchev–Trinajstić information content (AvgIpc) is 2.96. The Morgan fingerprint density at radius 3 is 2.88 bits per heavy atom.